The smallest absolute Gasteiger partial charge is 0.336 e. The van der Waals surface area contributed by atoms with E-state index in [9.17, 15) is 19.1 Å². The number of nitrogens with zero attached hydrogens (tertiary/aromatic N) is 1. The summed E-state index contributed by atoms with van der Waals surface area (Å²) in [6.07, 6.45) is 1.36. The number of nitrogens with one attached hydrogen (secondary N) is 2. The molecule has 5 aromatic rings. The Labute approximate surface area is 229 Å². The fourth-order valence-corrected chi connectivity index (χ4v) is 5.01. The minimum Gasteiger partial charge on any atom is -0.478 e. The highest BCUT2D eigenvalue weighted by Gasteiger charge is 2.23. The van der Waals surface area contributed by atoms with Crippen molar-refractivity contribution < 1.29 is 19.1 Å². The topological polar surface area (TPSA) is 95.1 Å². The monoisotopic (exact) mass is 541 g/mol. The number of hydrogen-bond donors (Lipinski definition) is 3. The molecule has 39 heavy (non-hydrogen) atoms. The minimum atomic E-state index is -1.20. The van der Waals surface area contributed by atoms with E-state index in [0.717, 1.165) is 17.5 Å². The fraction of sp³-hybridized carbons (Fsp3) is 0.129. The van der Waals surface area contributed by atoms with E-state index in [2.05, 4.69) is 15.3 Å². The quantitative estimate of drug-likeness (QED) is 0.188. The number of rotatable bonds is 8. The van der Waals surface area contributed by atoms with Crippen LogP contribution in [0.5, 0.6) is 0 Å². The molecular weight excluding hydrogens is 517 g/mol. The number of fused-ring (bicyclic) bond motifs is 1. The number of aromatic carboxylic acids is 1. The summed E-state index contributed by atoms with van der Waals surface area (Å²) in [7, 11) is 0. The lowest BCUT2D eigenvalue weighted by Crippen LogP contribution is -2.28. The van der Waals surface area contributed by atoms with Crippen molar-refractivity contribution in [2.45, 2.75) is 25.8 Å². The maximum Gasteiger partial charge on any atom is 0.336 e. The van der Waals surface area contributed by atoms with Crippen LogP contribution < -0.4 is 5.32 Å². The first-order valence-corrected chi connectivity index (χ1v) is 12.9. The van der Waals surface area contributed by atoms with Gasteiger partial charge in [0.25, 0.3) is 5.91 Å². The lowest BCUT2D eigenvalue weighted by molar-refractivity contribution is 0.0697. The highest BCUT2D eigenvalue weighted by atomic mass is 35.5. The summed E-state index contributed by atoms with van der Waals surface area (Å²) < 4.78 is 13.8. The van der Waals surface area contributed by atoms with Gasteiger partial charge < -0.3 is 15.4 Å². The summed E-state index contributed by atoms with van der Waals surface area (Å²) in [5, 5.41) is 13.4. The van der Waals surface area contributed by atoms with Crippen LogP contribution in [0, 0.1) is 5.82 Å². The zero-order chi connectivity index (χ0) is 27.5. The Hall–Kier alpha value is -4.49. The molecule has 4 aromatic carbocycles. The van der Waals surface area contributed by atoms with E-state index in [1.807, 2.05) is 37.3 Å². The van der Waals surface area contributed by atoms with Gasteiger partial charge in [0.05, 0.1) is 22.6 Å². The highest BCUT2D eigenvalue weighted by molar-refractivity contribution is 6.34. The third-order valence-corrected chi connectivity index (χ3v) is 6.89. The Morgan fingerprint density at radius 1 is 1.00 bits per heavy atom. The summed E-state index contributed by atoms with van der Waals surface area (Å²) in [6.45, 7) is 1.97. The number of carbonyl (C=O) groups excluding carboxylic acids is 1. The fourth-order valence-electron chi connectivity index (χ4n) is 4.73. The molecule has 1 heterocycles. The second-order valence-corrected chi connectivity index (χ2v) is 9.61. The number of carboxylic acid groups (broad SMARTS) is 1. The summed E-state index contributed by atoms with van der Waals surface area (Å²) in [5.41, 5.74) is 3.82. The van der Waals surface area contributed by atoms with Crippen LogP contribution in [0.1, 0.15) is 52.1 Å². The number of carboxylic acids is 1. The van der Waals surface area contributed by atoms with Gasteiger partial charge in [-0.05, 0) is 60.0 Å². The number of amides is 1. The standard InChI is InChI=1S/C31H25ClFN3O3/c1-2-7-25(18-8-5-9-20(33)16-18)36-30(37)19-14-15-21(23(17-19)31(38)39)28-22(10-6-11-24(28)32)29-34-26-12-3-4-13-27(26)35-29/h3-6,8-17,25H,2,7H2,1H3,(H,34,35)(H,36,37)(H,38,39). The molecule has 1 amide bonds. The first kappa shape index (κ1) is 26.1. The van der Waals surface area contributed by atoms with Gasteiger partial charge in [-0.25, -0.2) is 14.2 Å². The first-order chi connectivity index (χ1) is 18.9. The van der Waals surface area contributed by atoms with Crippen molar-refractivity contribution in [2.75, 3.05) is 0 Å². The van der Waals surface area contributed by atoms with Gasteiger partial charge in [-0.3, -0.25) is 4.79 Å². The van der Waals surface area contributed by atoms with Crippen LogP contribution in [0.2, 0.25) is 5.02 Å². The van der Waals surface area contributed by atoms with Crippen LogP contribution >= 0.6 is 11.6 Å². The number of H-pyrrole nitrogens is 1. The molecule has 0 aliphatic rings. The lowest BCUT2D eigenvalue weighted by atomic mass is 9.93. The Morgan fingerprint density at radius 2 is 1.79 bits per heavy atom. The van der Waals surface area contributed by atoms with Gasteiger partial charge in [-0.15, -0.1) is 0 Å². The molecule has 6 nitrogen and oxygen atoms in total. The molecule has 0 saturated carbocycles. The molecule has 5 rings (SSSR count). The zero-order valence-corrected chi connectivity index (χ0v) is 21.8. The van der Waals surface area contributed by atoms with Gasteiger partial charge >= 0.3 is 5.97 Å². The summed E-state index contributed by atoms with van der Waals surface area (Å²) >= 11 is 6.63. The van der Waals surface area contributed by atoms with Crippen molar-refractivity contribution in [3.63, 3.8) is 0 Å². The molecule has 1 aromatic heterocycles. The SMILES string of the molecule is CCCC(NC(=O)c1ccc(-c2c(Cl)cccc2-c2nc3ccccc3[nH]2)c(C(=O)O)c1)c1cccc(F)c1. The van der Waals surface area contributed by atoms with Crippen molar-refractivity contribution in [1.29, 1.82) is 0 Å². The van der Waals surface area contributed by atoms with Gasteiger partial charge in [0.2, 0.25) is 0 Å². The molecule has 0 spiro atoms. The predicted octanol–water partition coefficient (Wildman–Crippen LogP) is 7.66. The maximum absolute atomic E-state index is 13.8. The third-order valence-electron chi connectivity index (χ3n) is 6.57. The Morgan fingerprint density at radius 3 is 2.54 bits per heavy atom. The number of benzene rings is 4. The first-order valence-electron chi connectivity index (χ1n) is 12.5. The average Bonchev–Trinajstić information content (AvgIpc) is 3.36. The maximum atomic E-state index is 13.8. The van der Waals surface area contributed by atoms with Gasteiger partial charge in [0.1, 0.15) is 11.6 Å². The molecule has 3 N–H and O–H groups in total. The number of halogens is 2. The second kappa shape index (κ2) is 11.1. The van der Waals surface area contributed by atoms with E-state index >= 15 is 0 Å². The van der Waals surface area contributed by atoms with Crippen molar-refractivity contribution in [3.8, 4) is 22.5 Å². The van der Waals surface area contributed by atoms with Crippen molar-refractivity contribution >= 4 is 34.5 Å². The van der Waals surface area contributed by atoms with Gasteiger partial charge in [0.15, 0.2) is 0 Å². The number of imidazole rings is 1. The van der Waals surface area contributed by atoms with Crippen molar-refractivity contribution in [1.82, 2.24) is 15.3 Å². The third kappa shape index (κ3) is 5.40. The van der Waals surface area contributed by atoms with Crippen molar-refractivity contribution in [2.24, 2.45) is 0 Å². The lowest BCUT2D eigenvalue weighted by Gasteiger charge is -2.19. The predicted molar refractivity (Wildman–Crippen MR) is 150 cm³/mol. The van der Waals surface area contributed by atoms with Crippen LogP contribution in [-0.2, 0) is 0 Å². The summed E-state index contributed by atoms with van der Waals surface area (Å²) in [4.78, 5) is 33.6. The number of carbonyl (C=O) groups is 2. The van der Waals surface area contributed by atoms with Crippen LogP contribution in [-0.4, -0.2) is 27.0 Å². The largest absolute Gasteiger partial charge is 0.478 e. The second-order valence-electron chi connectivity index (χ2n) is 9.20. The Bertz CT molecular complexity index is 1670. The molecule has 0 aliphatic heterocycles. The molecule has 0 aliphatic carbocycles. The Kier molecular flexibility index (Phi) is 7.43. The van der Waals surface area contributed by atoms with Crippen LogP contribution in [0.4, 0.5) is 4.39 Å². The Balaban J connectivity index is 1.54. The molecule has 0 bridgehead atoms. The summed E-state index contributed by atoms with van der Waals surface area (Å²) in [5.74, 6) is -1.50. The average molecular weight is 542 g/mol. The van der Waals surface area contributed by atoms with E-state index in [0.29, 0.717) is 39.5 Å². The van der Waals surface area contributed by atoms with E-state index in [4.69, 9.17) is 11.6 Å². The normalized spacial score (nSPS) is 11.9. The van der Waals surface area contributed by atoms with E-state index in [1.54, 1.807) is 36.4 Å². The summed E-state index contributed by atoms with van der Waals surface area (Å²) in [6, 6.07) is 23.0. The molecule has 0 fully saturated rings. The number of aromatic nitrogens is 2. The van der Waals surface area contributed by atoms with Crippen LogP contribution in [0.3, 0.4) is 0 Å². The van der Waals surface area contributed by atoms with Gasteiger partial charge in [-0.2, -0.15) is 0 Å². The van der Waals surface area contributed by atoms with Crippen LogP contribution in [0.25, 0.3) is 33.5 Å². The molecule has 0 saturated heterocycles. The van der Waals surface area contributed by atoms with E-state index in [1.165, 1.54) is 18.2 Å². The van der Waals surface area contributed by atoms with Crippen LogP contribution in [0.15, 0.2) is 84.9 Å². The molecule has 8 heteroatoms. The van der Waals surface area contributed by atoms with Crippen molar-refractivity contribution in [3.05, 3.63) is 112 Å². The molecule has 1 unspecified atom stereocenters. The number of aromatic amines is 1. The zero-order valence-electron chi connectivity index (χ0n) is 21.0. The minimum absolute atomic E-state index is 0.0779. The van der Waals surface area contributed by atoms with Gasteiger partial charge in [-0.1, -0.05) is 67.4 Å². The number of para-hydroxylation sites is 2. The highest BCUT2D eigenvalue weighted by Crippen LogP contribution is 2.39. The number of hydrogen-bond acceptors (Lipinski definition) is 3. The molecule has 196 valence electrons. The molecular formula is C31H25ClFN3O3. The van der Waals surface area contributed by atoms with E-state index < -0.39 is 17.9 Å². The van der Waals surface area contributed by atoms with Gasteiger partial charge in [0, 0.05) is 21.7 Å². The molecule has 1 atom stereocenters. The van der Waals surface area contributed by atoms with E-state index in [-0.39, 0.29) is 16.9 Å². The molecule has 0 radical (unpaired) electrons.